The molecule has 114 valence electrons. The van der Waals surface area contributed by atoms with E-state index < -0.39 is 0 Å². The average molecular weight is 304 g/mol. The zero-order valence-corrected chi connectivity index (χ0v) is 12.7. The van der Waals surface area contributed by atoms with E-state index in [-0.39, 0.29) is 17.5 Å². The van der Waals surface area contributed by atoms with E-state index in [1.54, 1.807) is 12.1 Å². The lowest BCUT2D eigenvalue weighted by Crippen LogP contribution is -2.15. The van der Waals surface area contributed by atoms with Crippen LogP contribution < -0.4 is 0 Å². The highest BCUT2D eigenvalue weighted by Crippen LogP contribution is 2.25. The van der Waals surface area contributed by atoms with Gasteiger partial charge in [0.1, 0.15) is 5.82 Å². The summed E-state index contributed by atoms with van der Waals surface area (Å²) in [5, 5.41) is 0. The van der Waals surface area contributed by atoms with Crippen LogP contribution >= 0.6 is 0 Å². The second-order valence-corrected chi connectivity index (χ2v) is 5.52. The third kappa shape index (κ3) is 3.72. The molecule has 1 atom stereocenters. The van der Waals surface area contributed by atoms with Gasteiger partial charge in [-0.1, -0.05) is 60.7 Å². The minimum Gasteiger partial charge on any atom is -0.293 e. The molecule has 0 aliphatic carbocycles. The summed E-state index contributed by atoms with van der Waals surface area (Å²) in [5.41, 5.74) is 2.62. The van der Waals surface area contributed by atoms with Gasteiger partial charge < -0.3 is 0 Å². The number of hydrogen-bond acceptors (Lipinski definition) is 1. The SMILES string of the molecule is O=C(c1ccc(F)cc1)C(Cc1ccccc1)c1ccccc1. The Hall–Kier alpha value is -2.74. The second-order valence-electron chi connectivity index (χ2n) is 5.52. The maximum Gasteiger partial charge on any atom is 0.170 e. The number of rotatable bonds is 5. The van der Waals surface area contributed by atoms with E-state index in [0.717, 1.165) is 11.1 Å². The Morgan fingerprint density at radius 3 is 1.96 bits per heavy atom. The number of Topliss-reactive ketones (excluding diaryl/α,β-unsaturated/α-hetero) is 1. The van der Waals surface area contributed by atoms with Crippen LogP contribution in [0.25, 0.3) is 0 Å². The number of hydrogen-bond donors (Lipinski definition) is 0. The number of carbonyl (C=O) groups excluding carboxylic acids is 1. The molecule has 0 amide bonds. The monoisotopic (exact) mass is 304 g/mol. The molecule has 2 heteroatoms. The average Bonchev–Trinajstić information content (AvgIpc) is 2.61. The lowest BCUT2D eigenvalue weighted by atomic mass is 9.85. The Bertz CT molecular complexity index is 764. The summed E-state index contributed by atoms with van der Waals surface area (Å²) < 4.78 is 13.1. The Labute approximate surface area is 135 Å². The molecule has 23 heavy (non-hydrogen) atoms. The molecule has 0 aromatic heterocycles. The molecule has 0 saturated heterocycles. The number of benzene rings is 3. The highest BCUT2D eigenvalue weighted by atomic mass is 19.1. The molecular weight excluding hydrogens is 287 g/mol. The minimum absolute atomic E-state index is 0.0139. The van der Waals surface area contributed by atoms with Gasteiger partial charge in [0.15, 0.2) is 5.78 Å². The summed E-state index contributed by atoms with van der Waals surface area (Å²) in [4.78, 5) is 12.9. The van der Waals surface area contributed by atoms with Gasteiger partial charge in [-0.3, -0.25) is 4.79 Å². The van der Waals surface area contributed by atoms with Crippen molar-refractivity contribution in [3.63, 3.8) is 0 Å². The maximum atomic E-state index is 13.1. The third-order valence-electron chi connectivity index (χ3n) is 3.93. The van der Waals surface area contributed by atoms with Gasteiger partial charge >= 0.3 is 0 Å². The number of carbonyl (C=O) groups is 1. The van der Waals surface area contributed by atoms with Crippen LogP contribution in [-0.2, 0) is 6.42 Å². The maximum absolute atomic E-state index is 13.1. The first-order valence-corrected chi connectivity index (χ1v) is 7.62. The van der Waals surface area contributed by atoms with Gasteiger partial charge in [0.25, 0.3) is 0 Å². The van der Waals surface area contributed by atoms with Gasteiger partial charge in [-0.2, -0.15) is 0 Å². The molecule has 0 spiro atoms. The van der Waals surface area contributed by atoms with Crippen LogP contribution in [0.4, 0.5) is 4.39 Å². The highest BCUT2D eigenvalue weighted by Gasteiger charge is 2.22. The van der Waals surface area contributed by atoms with E-state index in [0.29, 0.717) is 12.0 Å². The Morgan fingerprint density at radius 2 is 1.35 bits per heavy atom. The van der Waals surface area contributed by atoms with Crippen molar-refractivity contribution in [3.8, 4) is 0 Å². The lowest BCUT2D eigenvalue weighted by Gasteiger charge is -2.17. The molecule has 0 saturated carbocycles. The summed E-state index contributed by atoms with van der Waals surface area (Å²) in [6, 6.07) is 25.5. The largest absolute Gasteiger partial charge is 0.293 e. The zero-order chi connectivity index (χ0) is 16.1. The van der Waals surface area contributed by atoms with Crippen molar-refractivity contribution >= 4 is 5.78 Å². The van der Waals surface area contributed by atoms with Crippen LogP contribution in [0.5, 0.6) is 0 Å². The Morgan fingerprint density at radius 1 is 0.783 bits per heavy atom. The van der Waals surface area contributed by atoms with Crippen molar-refractivity contribution in [3.05, 3.63) is 107 Å². The molecule has 1 unspecified atom stereocenters. The van der Waals surface area contributed by atoms with E-state index in [1.807, 2.05) is 60.7 Å². The number of halogens is 1. The van der Waals surface area contributed by atoms with Crippen molar-refractivity contribution in [1.82, 2.24) is 0 Å². The van der Waals surface area contributed by atoms with Crippen molar-refractivity contribution in [1.29, 1.82) is 0 Å². The fraction of sp³-hybridized carbons (Fsp3) is 0.0952. The quantitative estimate of drug-likeness (QED) is 0.604. The molecule has 1 nitrogen and oxygen atoms in total. The van der Waals surface area contributed by atoms with Crippen molar-refractivity contribution in [2.45, 2.75) is 12.3 Å². The molecule has 3 rings (SSSR count). The fourth-order valence-corrected chi connectivity index (χ4v) is 2.71. The van der Waals surface area contributed by atoms with E-state index in [4.69, 9.17) is 0 Å². The summed E-state index contributed by atoms with van der Waals surface area (Å²) >= 11 is 0. The highest BCUT2D eigenvalue weighted by molar-refractivity contribution is 6.01. The molecule has 3 aromatic rings. The molecule has 0 fully saturated rings. The molecule has 0 heterocycles. The van der Waals surface area contributed by atoms with Gasteiger partial charge in [-0.15, -0.1) is 0 Å². The Kier molecular flexibility index (Phi) is 4.62. The van der Waals surface area contributed by atoms with Crippen LogP contribution in [0.3, 0.4) is 0 Å². The summed E-state index contributed by atoms with van der Waals surface area (Å²) in [6.07, 6.45) is 0.626. The molecule has 0 radical (unpaired) electrons. The predicted molar refractivity (Wildman–Crippen MR) is 90.1 cm³/mol. The van der Waals surface area contributed by atoms with Crippen LogP contribution in [0.2, 0.25) is 0 Å². The standard InChI is InChI=1S/C21H17FO/c22-19-13-11-18(12-14-19)21(23)20(17-9-5-2-6-10-17)15-16-7-3-1-4-8-16/h1-14,20H,15H2. The van der Waals surface area contributed by atoms with E-state index in [2.05, 4.69) is 0 Å². The second kappa shape index (κ2) is 7.01. The third-order valence-corrected chi connectivity index (χ3v) is 3.93. The molecule has 3 aromatic carbocycles. The molecule has 0 aliphatic heterocycles. The smallest absolute Gasteiger partial charge is 0.170 e. The first kappa shape index (κ1) is 15.2. The van der Waals surface area contributed by atoms with Crippen LogP contribution in [0.1, 0.15) is 27.4 Å². The topological polar surface area (TPSA) is 17.1 Å². The molecule has 0 N–H and O–H groups in total. The van der Waals surface area contributed by atoms with Gasteiger partial charge in [0, 0.05) is 5.56 Å². The molecular formula is C21H17FO. The normalized spacial score (nSPS) is 11.9. The van der Waals surface area contributed by atoms with Crippen molar-refractivity contribution in [2.75, 3.05) is 0 Å². The van der Waals surface area contributed by atoms with Gasteiger partial charge in [0.2, 0.25) is 0 Å². The van der Waals surface area contributed by atoms with Crippen LogP contribution in [0.15, 0.2) is 84.9 Å². The van der Waals surface area contributed by atoms with E-state index in [1.165, 1.54) is 12.1 Å². The van der Waals surface area contributed by atoms with E-state index >= 15 is 0 Å². The summed E-state index contributed by atoms with van der Waals surface area (Å²) in [7, 11) is 0. The molecule has 0 bridgehead atoms. The van der Waals surface area contributed by atoms with Crippen molar-refractivity contribution in [2.24, 2.45) is 0 Å². The zero-order valence-electron chi connectivity index (χ0n) is 12.7. The molecule has 0 aliphatic rings. The van der Waals surface area contributed by atoms with E-state index in [9.17, 15) is 9.18 Å². The number of ketones is 1. The minimum atomic E-state index is -0.333. The summed E-state index contributed by atoms with van der Waals surface area (Å²) in [5.74, 6) is -0.593. The predicted octanol–water partition coefficient (Wildman–Crippen LogP) is 5.03. The van der Waals surface area contributed by atoms with Crippen LogP contribution in [0, 0.1) is 5.82 Å². The first-order chi connectivity index (χ1) is 11.2. The fourth-order valence-electron chi connectivity index (χ4n) is 2.71. The van der Waals surface area contributed by atoms with Crippen LogP contribution in [-0.4, -0.2) is 5.78 Å². The van der Waals surface area contributed by atoms with Gasteiger partial charge in [-0.05, 0) is 41.8 Å². The van der Waals surface area contributed by atoms with Gasteiger partial charge in [0.05, 0.1) is 5.92 Å². The Balaban J connectivity index is 1.94. The lowest BCUT2D eigenvalue weighted by molar-refractivity contribution is 0.0959. The van der Waals surface area contributed by atoms with Crippen molar-refractivity contribution < 1.29 is 9.18 Å². The summed E-state index contributed by atoms with van der Waals surface area (Å²) in [6.45, 7) is 0. The first-order valence-electron chi connectivity index (χ1n) is 7.62. The van der Waals surface area contributed by atoms with Gasteiger partial charge in [-0.25, -0.2) is 4.39 Å².